The molecule has 7 heteroatoms. The lowest BCUT2D eigenvalue weighted by Crippen LogP contribution is -2.13. The van der Waals surface area contributed by atoms with Crippen molar-refractivity contribution in [2.24, 2.45) is 0 Å². The number of halogens is 4. The minimum atomic E-state index is -0.727. The van der Waals surface area contributed by atoms with E-state index in [2.05, 4.69) is 5.32 Å². The summed E-state index contributed by atoms with van der Waals surface area (Å²) in [5, 5.41) is 2.72. The van der Waals surface area contributed by atoms with Crippen LogP contribution < -0.4 is 5.32 Å². The van der Waals surface area contributed by atoms with E-state index >= 15 is 0 Å². The van der Waals surface area contributed by atoms with Gasteiger partial charge in [-0.2, -0.15) is 0 Å². The summed E-state index contributed by atoms with van der Waals surface area (Å²) < 4.78 is 26.8. The zero-order valence-corrected chi connectivity index (χ0v) is 14.4. The molecule has 2 rings (SSSR count). The monoisotopic (exact) mass is 439 g/mol. The summed E-state index contributed by atoms with van der Waals surface area (Å²) in [6, 6.07) is 7.15. The van der Waals surface area contributed by atoms with E-state index < -0.39 is 17.5 Å². The highest BCUT2D eigenvalue weighted by molar-refractivity contribution is 14.1. The van der Waals surface area contributed by atoms with Gasteiger partial charge >= 0.3 is 0 Å². The largest absolute Gasteiger partial charge is 0.322 e. The van der Waals surface area contributed by atoms with Crippen LogP contribution in [0, 0.1) is 15.2 Å². The topological polar surface area (TPSA) is 29.1 Å². The van der Waals surface area contributed by atoms with Crippen LogP contribution in [0.3, 0.4) is 0 Å². The highest BCUT2D eigenvalue weighted by Crippen LogP contribution is 2.25. The van der Waals surface area contributed by atoms with Crippen molar-refractivity contribution >= 4 is 57.5 Å². The molecule has 2 aromatic rings. The Morgan fingerprint density at radius 1 is 1.24 bits per heavy atom. The van der Waals surface area contributed by atoms with Gasteiger partial charge in [-0.1, -0.05) is 11.6 Å². The molecular weight excluding hydrogens is 431 g/mol. The lowest BCUT2D eigenvalue weighted by molar-refractivity contribution is 0.102. The second-order valence-corrected chi connectivity index (χ2v) is 6.42. The molecule has 0 fully saturated rings. The fourth-order valence-electron chi connectivity index (χ4n) is 1.63. The van der Waals surface area contributed by atoms with Gasteiger partial charge < -0.3 is 5.32 Å². The summed E-state index contributed by atoms with van der Waals surface area (Å²) in [5.74, 6) is -1.97. The molecule has 1 amide bonds. The molecule has 0 atom stereocenters. The third-order valence-electron chi connectivity index (χ3n) is 2.66. The summed E-state index contributed by atoms with van der Waals surface area (Å²) in [6.45, 7) is 0. The average molecular weight is 440 g/mol. The van der Waals surface area contributed by atoms with Gasteiger partial charge in [-0.25, -0.2) is 8.78 Å². The van der Waals surface area contributed by atoms with Crippen molar-refractivity contribution in [3.8, 4) is 0 Å². The number of hydrogen-bond acceptors (Lipinski definition) is 2. The third kappa shape index (κ3) is 3.87. The molecule has 2 nitrogen and oxygen atoms in total. The van der Waals surface area contributed by atoms with Gasteiger partial charge in [-0.3, -0.25) is 4.79 Å². The highest BCUT2D eigenvalue weighted by atomic mass is 127. The van der Waals surface area contributed by atoms with Crippen molar-refractivity contribution in [2.45, 2.75) is 4.90 Å². The Hall–Kier alpha value is -0.860. The van der Waals surface area contributed by atoms with Crippen molar-refractivity contribution in [3.05, 3.63) is 56.1 Å². The Kier molecular flexibility index (Phi) is 5.45. The Balaban J connectivity index is 2.30. The van der Waals surface area contributed by atoms with Crippen molar-refractivity contribution in [2.75, 3.05) is 11.6 Å². The number of amides is 1. The van der Waals surface area contributed by atoms with Crippen LogP contribution in [0.5, 0.6) is 0 Å². The minimum absolute atomic E-state index is 0.0426. The number of carbonyl (C=O) groups excluding carboxylic acids is 1. The van der Waals surface area contributed by atoms with Crippen molar-refractivity contribution < 1.29 is 13.6 Å². The van der Waals surface area contributed by atoms with E-state index in [0.717, 1.165) is 17.0 Å². The van der Waals surface area contributed by atoms with Crippen molar-refractivity contribution in [1.29, 1.82) is 0 Å². The quantitative estimate of drug-likeness (QED) is 0.405. The first-order valence-corrected chi connectivity index (χ1v) is 8.40. The molecule has 1 N–H and O–H groups in total. The molecule has 21 heavy (non-hydrogen) atoms. The van der Waals surface area contributed by atoms with Crippen LogP contribution in [-0.4, -0.2) is 12.2 Å². The van der Waals surface area contributed by atoms with Gasteiger partial charge in [0.25, 0.3) is 5.91 Å². The lowest BCUT2D eigenvalue weighted by atomic mass is 10.2. The lowest BCUT2D eigenvalue weighted by Gasteiger charge is -2.09. The van der Waals surface area contributed by atoms with Crippen LogP contribution in [0.25, 0.3) is 0 Å². The molecule has 0 aromatic heterocycles. The minimum Gasteiger partial charge on any atom is -0.322 e. The van der Waals surface area contributed by atoms with Crippen LogP contribution in [0.4, 0.5) is 14.5 Å². The van der Waals surface area contributed by atoms with Crippen LogP contribution in [0.1, 0.15) is 10.4 Å². The van der Waals surface area contributed by atoms with Gasteiger partial charge in [0.2, 0.25) is 0 Å². The fourth-order valence-corrected chi connectivity index (χ4v) is 2.59. The molecule has 0 aliphatic carbocycles. The van der Waals surface area contributed by atoms with E-state index in [1.165, 1.54) is 11.8 Å². The Labute approximate surface area is 143 Å². The maximum atomic E-state index is 13.5. The van der Waals surface area contributed by atoms with Gasteiger partial charge in [-0.05, 0) is 59.2 Å². The van der Waals surface area contributed by atoms with Gasteiger partial charge in [0.05, 0.1) is 14.2 Å². The van der Waals surface area contributed by atoms with Gasteiger partial charge in [0.1, 0.15) is 11.6 Å². The zero-order valence-electron chi connectivity index (χ0n) is 10.7. The Morgan fingerprint density at radius 2 is 1.86 bits per heavy atom. The van der Waals surface area contributed by atoms with Gasteiger partial charge in [-0.15, -0.1) is 11.8 Å². The number of hydrogen-bond donors (Lipinski definition) is 1. The van der Waals surface area contributed by atoms with Crippen LogP contribution in [0.2, 0.25) is 5.02 Å². The summed E-state index contributed by atoms with van der Waals surface area (Å²) >= 11 is 9.00. The number of nitrogens with one attached hydrogen (secondary N) is 1. The molecule has 0 saturated carbocycles. The number of carbonyl (C=O) groups is 1. The van der Waals surface area contributed by atoms with Gasteiger partial charge in [0, 0.05) is 10.6 Å². The Morgan fingerprint density at radius 3 is 2.43 bits per heavy atom. The summed E-state index contributed by atoms with van der Waals surface area (Å²) in [4.78, 5) is 13.0. The molecule has 0 bridgehead atoms. The van der Waals surface area contributed by atoms with E-state index in [4.69, 9.17) is 11.6 Å². The molecule has 0 unspecified atom stereocenters. The number of benzene rings is 2. The molecule has 0 aliphatic rings. The molecule has 110 valence electrons. The van der Waals surface area contributed by atoms with E-state index in [1.807, 2.05) is 6.26 Å². The number of thioether (sulfide) groups is 1. The molecule has 0 radical (unpaired) electrons. The van der Waals surface area contributed by atoms with Crippen LogP contribution in [0.15, 0.2) is 35.2 Å². The molecule has 2 aromatic carbocycles. The normalized spacial score (nSPS) is 10.5. The van der Waals surface area contributed by atoms with Crippen molar-refractivity contribution in [3.63, 3.8) is 0 Å². The maximum Gasteiger partial charge on any atom is 0.257 e. The van der Waals surface area contributed by atoms with Gasteiger partial charge in [0.15, 0.2) is 0 Å². The van der Waals surface area contributed by atoms with E-state index in [-0.39, 0.29) is 19.8 Å². The first kappa shape index (κ1) is 16.5. The second kappa shape index (κ2) is 6.93. The molecule has 0 heterocycles. The summed E-state index contributed by atoms with van der Waals surface area (Å²) in [7, 11) is 0. The van der Waals surface area contributed by atoms with E-state index in [1.54, 1.807) is 40.8 Å². The predicted octanol–water partition coefficient (Wildman–Crippen LogP) is 5.20. The summed E-state index contributed by atoms with van der Waals surface area (Å²) in [6.07, 6.45) is 1.87. The SMILES string of the molecule is CSc1ccc(Cl)c(C(=O)Nc2cc(F)c(I)c(F)c2)c1. The van der Waals surface area contributed by atoms with E-state index in [9.17, 15) is 13.6 Å². The molecular formula is C14H9ClF2INOS. The van der Waals surface area contributed by atoms with Crippen LogP contribution >= 0.6 is 46.0 Å². The van der Waals surface area contributed by atoms with E-state index in [0.29, 0.717) is 0 Å². The highest BCUT2D eigenvalue weighted by Gasteiger charge is 2.14. The smallest absolute Gasteiger partial charge is 0.257 e. The molecule has 0 saturated heterocycles. The predicted molar refractivity (Wildman–Crippen MR) is 90.3 cm³/mol. The fraction of sp³-hybridized carbons (Fsp3) is 0.0714. The first-order chi connectivity index (χ1) is 9.92. The second-order valence-electron chi connectivity index (χ2n) is 4.05. The zero-order chi connectivity index (χ0) is 15.6. The van der Waals surface area contributed by atoms with Crippen LogP contribution in [-0.2, 0) is 0 Å². The molecule has 0 spiro atoms. The Bertz CT molecular complexity index is 688. The standard InChI is InChI=1S/C14H9ClF2INOS/c1-21-8-2-3-10(15)9(6-8)14(20)19-7-4-11(16)13(18)12(17)5-7/h2-6H,1H3,(H,19,20). The van der Waals surface area contributed by atoms with Crippen molar-refractivity contribution in [1.82, 2.24) is 0 Å². The molecule has 0 aliphatic heterocycles. The first-order valence-electron chi connectivity index (χ1n) is 5.72. The average Bonchev–Trinajstić information content (AvgIpc) is 2.45. The summed E-state index contributed by atoms with van der Waals surface area (Å²) in [5.41, 5.74) is 0.295. The third-order valence-corrected chi connectivity index (χ3v) is 4.75. The maximum absolute atomic E-state index is 13.5. The number of rotatable bonds is 3. The number of anilines is 1.